The van der Waals surface area contributed by atoms with Crippen molar-refractivity contribution in [3.63, 3.8) is 0 Å². The predicted molar refractivity (Wildman–Crippen MR) is 233 cm³/mol. The maximum atomic E-state index is 2.42. The van der Waals surface area contributed by atoms with Gasteiger partial charge in [0.05, 0.1) is 0 Å². The third-order valence-electron chi connectivity index (χ3n) is 11.3. The number of hydrogen-bond donors (Lipinski definition) is 0. The first-order valence-corrected chi connectivity index (χ1v) is 18.9. The molecule has 0 saturated heterocycles. The van der Waals surface area contributed by atoms with Gasteiger partial charge in [0.15, 0.2) is 0 Å². The molecule has 258 valence electrons. The van der Waals surface area contributed by atoms with Gasteiger partial charge in [0.1, 0.15) is 0 Å². The molecule has 0 aliphatic carbocycles. The molecular weight excluding hydrogens is 649 g/mol. The minimum absolute atomic E-state index is 1.22. The molecule has 0 amide bonds. The van der Waals surface area contributed by atoms with Gasteiger partial charge in [-0.05, 0) is 150 Å². The standard InChI is InChI=1S/C54H42/c1-35-29-49-50(30-36(35)2)54(48-20-12-18-46(34-48)44-27-23-42(24-28-44)40-15-9-6-10-16-40)52-32-38(4)37(3)31-51(52)53(49)47-19-11-17-45(33-47)43-25-21-41(22-26-43)39-13-7-5-8-14-39/h5-34H,1-4H3. The van der Waals surface area contributed by atoms with Crippen LogP contribution in [0.2, 0.25) is 0 Å². The van der Waals surface area contributed by atoms with E-state index in [9.17, 15) is 0 Å². The Morgan fingerprint density at radius 2 is 0.444 bits per heavy atom. The van der Waals surface area contributed by atoms with Gasteiger partial charge in [0, 0.05) is 0 Å². The van der Waals surface area contributed by atoms with Gasteiger partial charge in [-0.3, -0.25) is 0 Å². The van der Waals surface area contributed by atoms with Crippen LogP contribution in [-0.4, -0.2) is 0 Å². The lowest BCUT2D eigenvalue weighted by Gasteiger charge is -2.21. The fourth-order valence-corrected chi connectivity index (χ4v) is 8.05. The van der Waals surface area contributed by atoms with Crippen molar-refractivity contribution in [2.24, 2.45) is 0 Å². The van der Waals surface area contributed by atoms with E-state index in [0.29, 0.717) is 0 Å². The molecule has 0 aromatic heterocycles. The highest BCUT2D eigenvalue weighted by Crippen LogP contribution is 2.46. The van der Waals surface area contributed by atoms with Gasteiger partial charge in [-0.1, -0.05) is 170 Å². The molecule has 0 spiro atoms. The molecule has 0 atom stereocenters. The van der Waals surface area contributed by atoms with Crippen molar-refractivity contribution in [3.05, 3.63) is 204 Å². The van der Waals surface area contributed by atoms with Crippen molar-refractivity contribution in [2.75, 3.05) is 0 Å². The zero-order chi connectivity index (χ0) is 36.8. The van der Waals surface area contributed by atoms with Crippen LogP contribution in [0.5, 0.6) is 0 Å². The van der Waals surface area contributed by atoms with Crippen molar-refractivity contribution in [1.82, 2.24) is 0 Å². The number of benzene rings is 9. The highest BCUT2D eigenvalue weighted by atomic mass is 14.2. The molecule has 0 aliphatic rings. The Balaban J connectivity index is 1.22. The second kappa shape index (κ2) is 13.8. The van der Waals surface area contributed by atoms with Gasteiger partial charge in [-0.2, -0.15) is 0 Å². The fourth-order valence-electron chi connectivity index (χ4n) is 8.05. The molecule has 0 nitrogen and oxygen atoms in total. The molecule has 0 fully saturated rings. The van der Waals surface area contributed by atoms with Crippen LogP contribution in [0.25, 0.3) is 88.3 Å². The van der Waals surface area contributed by atoms with E-state index in [1.54, 1.807) is 0 Å². The maximum absolute atomic E-state index is 2.42. The molecule has 0 saturated carbocycles. The Morgan fingerprint density at radius 3 is 0.759 bits per heavy atom. The third-order valence-corrected chi connectivity index (χ3v) is 11.3. The minimum Gasteiger partial charge on any atom is -0.0622 e. The van der Waals surface area contributed by atoms with E-state index in [0.717, 1.165) is 0 Å². The second-order valence-corrected chi connectivity index (χ2v) is 14.8. The summed E-state index contributed by atoms with van der Waals surface area (Å²) in [6, 6.07) is 67.1. The normalized spacial score (nSPS) is 11.3. The van der Waals surface area contributed by atoms with Gasteiger partial charge >= 0.3 is 0 Å². The van der Waals surface area contributed by atoms with Crippen LogP contribution in [0.4, 0.5) is 0 Å². The van der Waals surface area contributed by atoms with E-state index >= 15 is 0 Å². The smallest absolute Gasteiger partial charge is 0.00260 e. The van der Waals surface area contributed by atoms with Crippen molar-refractivity contribution < 1.29 is 0 Å². The third kappa shape index (κ3) is 6.10. The van der Waals surface area contributed by atoms with E-state index in [1.165, 1.54) is 111 Å². The maximum Gasteiger partial charge on any atom is -0.00260 e. The fraction of sp³-hybridized carbons (Fsp3) is 0.0741. The van der Waals surface area contributed by atoms with E-state index in [2.05, 4.69) is 210 Å². The highest BCUT2D eigenvalue weighted by molar-refractivity contribution is 6.22. The SMILES string of the molecule is Cc1cc2c(-c3cccc(-c4ccc(-c5ccccc5)cc4)c3)c3cc(C)c(C)cc3c(-c3cccc(-c4ccc(-c5ccccc5)cc4)c3)c2cc1C. The zero-order valence-corrected chi connectivity index (χ0v) is 31.3. The second-order valence-electron chi connectivity index (χ2n) is 14.8. The van der Waals surface area contributed by atoms with Gasteiger partial charge in [0.25, 0.3) is 0 Å². The summed E-state index contributed by atoms with van der Waals surface area (Å²) >= 11 is 0. The minimum atomic E-state index is 1.22. The van der Waals surface area contributed by atoms with E-state index in [1.807, 2.05) is 0 Å². The van der Waals surface area contributed by atoms with E-state index in [4.69, 9.17) is 0 Å². The largest absolute Gasteiger partial charge is 0.0622 e. The predicted octanol–water partition coefficient (Wildman–Crippen LogP) is 15.2. The summed E-state index contributed by atoms with van der Waals surface area (Å²) in [6.45, 7) is 8.97. The van der Waals surface area contributed by atoms with Crippen LogP contribution in [0.1, 0.15) is 22.3 Å². The summed E-state index contributed by atoms with van der Waals surface area (Å²) < 4.78 is 0. The first-order valence-electron chi connectivity index (χ1n) is 18.9. The lowest BCUT2D eigenvalue weighted by Crippen LogP contribution is -1.95. The Bertz CT molecular complexity index is 2540. The van der Waals surface area contributed by atoms with Crippen LogP contribution < -0.4 is 0 Å². The average Bonchev–Trinajstić information content (AvgIpc) is 3.22. The molecule has 9 rings (SSSR count). The van der Waals surface area contributed by atoms with Crippen LogP contribution in [0, 0.1) is 27.7 Å². The van der Waals surface area contributed by atoms with Crippen molar-refractivity contribution in [1.29, 1.82) is 0 Å². The Morgan fingerprint density at radius 1 is 0.204 bits per heavy atom. The first-order chi connectivity index (χ1) is 26.4. The Labute approximate surface area is 319 Å². The first kappa shape index (κ1) is 33.3. The molecule has 0 heterocycles. The van der Waals surface area contributed by atoms with Gasteiger partial charge in [0.2, 0.25) is 0 Å². The highest BCUT2D eigenvalue weighted by Gasteiger charge is 2.20. The summed E-state index contributed by atoms with van der Waals surface area (Å²) in [7, 11) is 0. The summed E-state index contributed by atoms with van der Waals surface area (Å²) in [5.74, 6) is 0. The molecule has 9 aromatic rings. The molecular formula is C54H42. The molecule has 54 heavy (non-hydrogen) atoms. The van der Waals surface area contributed by atoms with Crippen molar-refractivity contribution >= 4 is 21.5 Å². The summed E-state index contributed by atoms with van der Waals surface area (Å²) in [5, 5.41) is 5.16. The van der Waals surface area contributed by atoms with Crippen LogP contribution in [0.3, 0.4) is 0 Å². The van der Waals surface area contributed by atoms with Gasteiger partial charge in [-0.15, -0.1) is 0 Å². The quantitative estimate of drug-likeness (QED) is 0.152. The van der Waals surface area contributed by atoms with Gasteiger partial charge in [-0.25, -0.2) is 0 Å². The molecule has 9 aromatic carbocycles. The topological polar surface area (TPSA) is 0 Å². The Hall–Kier alpha value is -6.50. The number of aryl methyl sites for hydroxylation is 4. The van der Waals surface area contributed by atoms with Crippen LogP contribution in [0.15, 0.2) is 182 Å². The number of fused-ring (bicyclic) bond motifs is 2. The lowest BCUT2D eigenvalue weighted by molar-refractivity contribution is 1.36. The van der Waals surface area contributed by atoms with E-state index < -0.39 is 0 Å². The zero-order valence-electron chi connectivity index (χ0n) is 31.3. The van der Waals surface area contributed by atoms with Crippen molar-refractivity contribution in [3.8, 4) is 66.8 Å². The molecule has 0 bridgehead atoms. The molecule has 0 aliphatic heterocycles. The van der Waals surface area contributed by atoms with Crippen LogP contribution >= 0.6 is 0 Å². The van der Waals surface area contributed by atoms with E-state index in [-0.39, 0.29) is 0 Å². The monoisotopic (exact) mass is 690 g/mol. The molecule has 0 radical (unpaired) electrons. The van der Waals surface area contributed by atoms with Gasteiger partial charge < -0.3 is 0 Å². The lowest BCUT2D eigenvalue weighted by atomic mass is 9.82. The van der Waals surface area contributed by atoms with Crippen molar-refractivity contribution in [2.45, 2.75) is 27.7 Å². The van der Waals surface area contributed by atoms with Crippen LogP contribution in [-0.2, 0) is 0 Å². The summed E-state index contributed by atoms with van der Waals surface area (Å²) in [5.41, 5.74) is 20.1. The average molecular weight is 691 g/mol. The molecule has 0 N–H and O–H groups in total. The number of hydrogen-bond acceptors (Lipinski definition) is 0. The molecule has 0 unspecified atom stereocenters. The number of rotatable bonds is 6. The summed E-state index contributed by atoms with van der Waals surface area (Å²) in [4.78, 5) is 0. The molecule has 0 heteroatoms. The summed E-state index contributed by atoms with van der Waals surface area (Å²) in [6.07, 6.45) is 0. The Kier molecular flexibility index (Phi) is 8.53.